The lowest BCUT2D eigenvalue weighted by molar-refractivity contribution is 0.0948. The van der Waals surface area contributed by atoms with Crippen molar-refractivity contribution in [3.63, 3.8) is 0 Å². The lowest BCUT2D eigenvalue weighted by Gasteiger charge is -2.02. The highest BCUT2D eigenvalue weighted by molar-refractivity contribution is 6.30. The molecule has 0 fully saturated rings. The Labute approximate surface area is 138 Å². The first-order valence-electron chi connectivity index (χ1n) is 7.09. The van der Waals surface area contributed by atoms with E-state index in [9.17, 15) is 4.79 Å². The molecule has 0 bridgehead atoms. The number of imidazole rings is 1. The van der Waals surface area contributed by atoms with Crippen molar-refractivity contribution < 1.29 is 4.79 Å². The molecule has 0 aliphatic rings. The fraction of sp³-hybridized carbons (Fsp3) is 0.118. The summed E-state index contributed by atoms with van der Waals surface area (Å²) in [4.78, 5) is 16.8. The van der Waals surface area contributed by atoms with E-state index in [2.05, 4.69) is 15.5 Å². The van der Waals surface area contributed by atoms with E-state index in [1.165, 1.54) is 0 Å². The number of rotatable bonds is 3. The van der Waals surface area contributed by atoms with Crippen molar-refractivity contribution in [2.75, 3.05) is 0 Å². The van der Waals surface area contributed by atoms with Crippen LogP contribution in [-0.4, -0.2) is 21.5 Å². The first kappa shape index (κ1) is 15.2. The molecular formula is C17H15ClN4O. The Hall–Kier alpha value is -2.66. The molecule has 2 heterocycles. The zero-order valence-corrected chi connectivity index (χ0v) is 13.5. The summed E-state index contributed by atoms with van der Waals surface area (Å²) in [6.45, 7) is 3.79. The summed E-state index contributed by atoms with van der Waals surface area (Å²) in [6, 6.07) is 11.1. The van der Waals surface area contributed by atoms with E-state index in [0.717, 1.165) is 16.8 Å². The van der Waals surface area contributed by atoms with E-state index in [4.69, 9.17) is 11.6 Å². The van der Waals surface area contributed by atoms with Gasteiger partial charge in [0.1, 0.15) is 11.3 Å². The number of fused-ring (bicyclic) bond motifs is 1. The van der Waals surface area contributed by atoms with Gasteiger partial charge in [0, 0.05) is 11.2 Å². The number of carbonyl (C=O) groups excluding carboxylic acids is 1. The first-order chi connectivity index (χ1) is 11.0. The molecule has 0 spiro atoms. The van der Waals surface area contributed by atoms with E-state index in [0.29, 0.717) is 16.4 Å². The number of pyridine rings is 1. The maximum absolute atomic E-state index is 12.4. The molecule has 2 aromatic heterocycles. The van der Waals surface area contributed by atoms with E-state index in [1.807, 2.05) is 37.4 Å². The van der Waals surface area contributed by atoms with Gasteiger partial charge in [-0.1, -0.05) is 23.7 Å². The average molecular weight is 327 g/mol. The fourth-order valence-corrected chi connectivity index (χ4v) is 2.54. The summed E-state index contributed by atoms with van der Waals surface area (Å²) < 4.78 is 1.76. The maximum Gasteiger partial charge on any atom is 0.290 e. The SMILES string of the molecule is Cc1ccn2c(C(=O)NN=Cc3cccc(Cl)c3)c(C)nc2c1. The van der Waals surface area contributed by atoms with Gasteiger partial charge in [-0.15, -0.1) is 0 Å². The number of hydrogen-bond acceptors (Lipinski definition) is 3. The Morgan fingerprint density at radius 3 is 2.91 bits per heavy atom. The van der Waals surface area contributed by atoms with Crippen LogP contribution in [0.4, 0.5) is 0 Å². The number of nitrogens with zero attached hydrogens (tertiary/aromatic N) is 3. The summed E-state index contributed by atoms with van der Waals surface area (Å²) in [6.07, 6.45) is 3.38. The van der Waals surface area contributed by atoms with Crippen molar-refractivity contribution >= 4 is 29.4 Å². The van der Waals surface area contributed by atoms with Crippen molar-refractivity contribution in [2.24, 2.45) is 5.10 Å². The van der Waals surface area contributed by atoms with Crippen molar-refractivity contribution in [3.05, 3.63) is 70.1 Å². The predicted octanol–water partition coefficient (Wildman–Crippen LogP) is 3.37. The number of nitrogens with one attached hydrogen (secondary N) is 1. The van der Waals surface area contributed by atoms with Crippen LogP contribution in [0.1, 0.15) is 27.3 Å². The molecule has 0 saturated carbocycles. The molecule has 1 amide bonds. The smallest absolute Gasteiger partial charge is 0.290 e. The zero-order chi connectivity index (χ0) is 16.4. The predicted molar refractivity (Wildman–Crippen MR) is 91.2 cm³/mol. The van der Waals surface area contributed by atoms with Crippen molar-refractivity contribution in [2.45, 2.75) is 13.8 Å². The van der Waals surface area contributed by atoms with Gasteiger partial charge < -0.3 is 0 Å². The van der Waals surface area contributed by atoms with Gasteiger partial charge in [0.2, 0.25) is 0 Å². The molecule has 0 aliphatic heterocycles. The molecule has 0 aliphatic carbocycles. The second-order valence-corrected chi connectivity index (χ2v) is 5.67. The molecular weight excluding hydrogens is 312 g/mol. The van der Waals surface area contributed by atoms with Crippen LogP contribution < -0.4 is 5.43 Å². The normalized spacial score (nSPS) is 11.3. The molecule has 0 radical (unpaired) electrons. The third-order valence-corrected chi connectivity index (χ3v) is 3.63. The van der Waals surface area contributed by atoms with Crippen molar-refractivity contribution in [1.29, 1.82) is 0 Å². The molecule has 6 heteroatoms. The Kier molecular flexibility index (Phi) is 4.12. The topological polar surface area (TPSA) is 58.8 Å². The molecule has 0 atom stereocenters. The number of aryl methyl sites for hydroxylation is 2. The summed E-state index contributed by atoms with van der Waals surface area (Å²) in [5, 5.41) is 4.60. The summed E-state index contributed by atoms with van der Waals surface area (Å²) in [5.41, 5.74) is 6.30. The van der Waals surface area contributed by atoms with Gasteiger partial charge >= 0.3 is 0 Å². The molecule has 116 valence electrons. The molecule has 3 rings (SSSR count). The van der Waals surface area contributed by atoms with Gasteiger partial charge in [-0.3, -0.25) is 9.20 Å². The largest absolute Gasteiger partial charge is 0.295 e. The Morgan fingerprint density at radius 2 is 2.13 bits per heavy atom. The number of hydrogen-bond donors (Lipinski definition) is 1. The van der Waals surface area contributed by atoms with Crippen LogP contribution in [0, 0.1) is 13.8 Å². The highest BCUT2D eigenvalue weighted by Gasteiger charge is 2.15. The summed E-state index contributed by atoms with van der Waals surface area (Å²) in [5.74, 6) is -0.308. The van der Waals surface area contributed by atoms with E-state index >= 15 is 0 Å². The first-order valence-corrected chi connectivity index (χ1v) is 7.46. The van der Waals surface area contributed by atoms with Crippen LogP contribution in [0.5, 0.6) is 0 Å². The molecule has 1 aromatic carbocycles. The standard InChI is InChI=1S/C17H15ClN4O/c1-11-6-7-22-15(8-11)20-12(2)16(22)17(23)21-19-10-13-4-3-5-14(18)9-13/h3-10H,1-2H3,(H,21,23). The van der Waals surface area contributed by atoms with Gasteiger partial charge in [0.05, 0.1) is 11.9 Å². The number of aromatic nitrogens is 2. The lowest BCUT2D eigenvalue weighted by atomic mass is 10.2. The Balaban J connectivity index is 1.82. The van der Waals surface area contributed by atoms with Crippen LogP contribution in [0.15, 0.2) is 47.7 Å². The average Bonchev–Trinajstić information content (AvgIpc) is 2.82. The van der Waals surface area contributed by atoms with Gasteiger partial charge in [-0.05, 0) is 49.2 Å². The van der Waals surface area contributed by atoms with Crippen LogP contribution in [0.2, 0.25) is 5.02 Å². The number of hydrazone groups is 1. The lowest BCUT2D eigenvalue weighted by Crippen LogP contribution is -2.20. The molecule has 23 heavy (non-hydrogen) atoms. The summed E-state index contributed by atoms with van der Waals surface area (Å²) in [7, 11) is 0. The van der Waals surface area contributed by atoms with Gasteiger partial charge in [0.25, 0.3) is 5.91 Å². The van der Waals surface area contributed by atoms with Crippen LogP contribution in [0.25, 0.3) is 5.65 Å². The number of amides is 1. The Bertz CT molecular complexity index is 914. The van der Waals surface area contributed by atoms with Crippen molar-refractivity contribution in [1.82, 2.24) is 14.8 Å². The highest BCUT2D eigenvalue weighted by atomic mass is 35.5. The third-order valence-electron chi connectivity index (χ3n) is 3.40. The number of halogens is 1. The Morgan fingerprint density at radius 1 is 1.30 bits per heavy atom. The van der Waals surface area contributed by atoms with Gasteiger partial charge in [-0.2, -0.15) is 5.10 Å². The number of carbonyl (C=O) groups is 1. The molecule has 3 aromatic rings. The van der Waals surface area contributed by atoms with Gasteiger partial charge in [0.15, 0.2) is 0 Å². The molecule has 0 unspecified atom stereocenters. The minimum Gasteiger partial charge on any atom is -0.295 e. The quantitative estimate of drug-likeness (QED) is 0.592. The fourth-order valence-electron chi connectivity index (χ4n) is 2.34. The second kappa shape index (κ2) is 6.22. The number of benzene rings is 1. The van der Waals surface area contributed by atoms with Crippen LogP contribution in [-0.2, 0) is 0 Å². The highest BCUT2D eigenvalue weighted by Crippen LogP contribution is 2.13. The zero-order valence-electron chi connectivity index (χ0n) is 12.7. The van der Waals surface area contributed by atoms with E-state index in [1.54, 1.807) is 29.7 Å². The maximum atomic E-state index is 12.4. The van der Waals surface area contributed by atoms with E-state index in [-0.39, 0.29) is 5.91 Å². The van der Waals surface area contributed by atoms with Crippen LogP contribution in [0.3, 0.4) is 0 Å². The van der Waals surface area contributed by atoms with Crippen molar-refractivity contribution in [3.8, 4) is 0 Å². The van der Waals surface area contributed by atoms with Gasteiger partial charge in [-0.25, -0.2) is 10.4 Å². The van der Waals surface area contributed by atoms with E-state index < -0.39 is 0 Å². The third kappa shape index (κ3) is 3.24. The monoisotopic (exact) mass is 326 g/mol. The summed E-state index contributed by atoms with van der Waals surface area (Å²) >= 11 is 5.91. The second-order valence-electron chi connectivity index (χ2n) is 5.23. The molecule has 1 N–H and O–H groups in total. The molecule has 0 saturated heterocycles. The minimum absolute atomic E-state index is 0.308. The van der Waals surface area contributed by atoms with Crippen LogP contribution >= 0.6 is 11.6 Å². The molecule has 5 nitrogen and oxygen atoms in total. The minimum atomic E-state index is -0.308.